The van der Waals surface area contributed by atoms with Gasteiger partial charge in [0.25, 0.3) is 5.91 Å². The van der Waals surface area contributed by atoms with Crippen molar-refractivity contribution in [3.05, 3.63) is 41.5 Å². The molecule has 1 amide bonds. The number of hydrogen-bond donors (Lipinski definition) is 0. The SMILES string of the molecule is CN1C(=O)C(=C(C#N)c2nnc3n2CCCCC3)c2ccccc21. The van der Waals surface area contributed by atoms with Crippen molar-refractivity contribution in [1.29, 1.82) is 5.26 Å². The van der Waals surface area contributed by atoms with Gasteiger partial charge in [0.2, 0.25) is 0 Å². The molecule has 0 atom stereocenters. The van der Waals surface area contributed by atoms with Gasteiger partial charge in [0.05, 0.1) is 11.3 Å². The first-order chi connectivity index (χ1) is 11.7. The van der Waals surface area contributed by atoms with E-state index in [0.717, 1.165) is 49.3 Å². The average molecular weight is 319 g/mol. The molecule has 3 heterocycles. The fourth-order valence-corrected chi connectivity index (χ4v) is 3.50. The predicted molar refractivity (Wildman–Crippen MR) is 89.9 cm³/mol. The van der Waals surface area contributed by atoms with Gasteiger partial charge in [-0.1, -0.05) is 24.6 Å². The Labute approximate surface area is 140 Å². The summed E-state index contributed by atoms with van der Waals surface area (Å²) in [6.07, 6.45) is 4.13. The molecule has 0 radical (unpaired) electrons. The molecular weight excluding hydrogens is 302 g/mol. The van der Waals surface area contributed by atoms with Crippen molar-refractivity contribution in [3.63, 3.8) is 0 Å². The van der Waals surface area contributed by atoms with E-state index in [4.69, 9.17) is 0 Å². The number of carbonyl (C=O) groups excluding carboxylic acids is 1. The minimum Gasteiger partial charge on any atom is -0.311 e. The van der Waals surface area contributed by atoms with Crippen LogP contribution in [0.15, 0.2) is 24.3 Å². The number of benzene rings is 1. The number of para-hydroxylation sites is 1. The van der Waals surface area contributed by atoms with Crippen LogP contribution in [0.5, 0.6) is 0 Å². The molecule has 2 aliphatic rings. The molecule has 0 fully saturated rings. The van der Waals surface area contributed by atoms with Crippen LogP contribution in [0.3, 0.4) is 0 Å². The van der Waals surface area contributed by atoms with Crippen LogP contribution in [-0.4, -0.2) is 27.7 Å². The van der Waals surface area contributed by atoms with Crippen LogP contribution in [-0.2, 0) is 17.8 Å². The molecule has 6 nitrogen and oxygen atoms in total. The first kappa shape index (κ1) is 14.6. The molecule has 0 N–H and O–H groups in total. The Balaban J connectivity index is 1.94. The molecule has 120 valence electrons. The number of anilines is 1. The summed E-state index contributed by atoms with van der Waals surface area (Å²) in [4.78, 5) is 14.3. The van der Waals surface area contributed by atoms with Gasteiger partial charge in [-0.3, -0.25) is 4.79 Å². The fourth-order valence-electron chi connectivity index (χ4n) is 3.50. The van der Waals surface area contributed by atoms with Gasteiger partial charge < -0.3 is 9.47 Å². The van der Waals surface area contributed by atoms with Crippen LogP contribution in [0.25, 0.3) is 11.1 Å². The van der Waals surface area contributed by atoms with Crippen molar-refractivity contribution < 1.29 is 4.79 Å². The van der Waals surface area contributed by atoms with Gasteiger partial charge in [-0.25, -0.2) is 0 Å². The molecule has 4 rings (SSSR count). The molecule has 0 saturated carbocycles. The van der Waals surface area contributed by atoms with Crippen LogP contribution in [0, 0.1) is 11.3 Å². The van der Waals surface area contributed by atoms with E-state index in [9.17, 15) is 10.1 Å². The van der Waals surface area contributed by atoms with Crippen LogP contribution in [0.2, 0.25) is 0 Å². The number of fused-ring (bicyclic) bond motifs is 2. The summed E-state index contributed by atoms with van der Waals surface area (Å²) in [6, 6.07) is 9.75. The largest absolute Gasteiger partial charge is 0.311 e. The highest BCUT2D eigenvalue weighted by Gasteiger charge is 2.34. The van der Waals surface area contributed by atoms with Gasteiger partial charge in [-0.05, 0) is 18.9 Å². The number of carbonyl (C=O) groups is 1. The zero-order chi connectivity index (χ0) is 16.7. The lowest BCUT2D eigenvalue weighted by Gasteiger charge is -2.09. The quantitative estimate of drug-likeness (QED) is 0.597. The number of aryl methyl sites for hydroxylation is 1. The van der Waals surface area contributed by atoms with Crippen LogP contribution in [0.4, 0.5) is 5.69 Å². The summed E-state index contributed by atoms with van der Waals surface area (Å²) in [6.45, 7) is 0.793. The van der Waals surface area contributed by atoms with Crippen molar-refractivity contribution in [2.75, 3.05) is 11.9 Å². The topological polar surface area (TPSA) is 74.8 Å². The highest BCUT2D eigenvalue weighted by atomic mass is 16.2. The minimum absolute atomic E-state index is 0.168. The van der Waals surface area contributed by atoms with Crippen molar-refractivity contribution in [1.82, 2.24) is 14.8 Å². The zero-order valence-electron chi connectivity index (χ0n) is 13.5. The average Bonchev–Trinajstić information content (AvgIpc) is 3.00. The highest BCUT2D eigenvalue weighted by Crippen LogP contribution is 2.39. The Kier molecular flexibility index (Phi) is 3.42. The normalized spacial score (nSPS) is 18.7. The Morgan fingerprint density at radius 3 is 2.88 bits per heavy atom. The van der Waals surface area contributed by atoms with Crippen molar-refractivity contribution >= 4 is 22.7 Å². The van der Waals surface area contributed by atoms with Crippen molar-refractivity contribution in [3.8, 4) is 6.07 Å². The van der Waals surface area contributed by atoms with Gasteiger partial charge in [0.15, 0.2) is 5.82 Å². The lowest BCUT2D eigenvalue weighted by molar-refractivity contribution is -0.112. The molecule has 2 aromatic rings. The first-order valence-electron chi connectivity index (χ1n) is 8.16. The Bertz CT molecular complexity index is 902. The Morgan fingerprint density at radius 1 is 1.21 bits per heavy atom. The molecule has 6 heteroatoms. The van der Waals surface area contributed by atoms with E-state index in [1.54, 1.807) is 11.9 Å². The molecule has 0 spiro atoms. The van der Waals surface area contributed by atoms with Gasteiger partial charge in [0.1, 0.15) is 17.5 Å². The van der Waals surface area contributed by atoms with E-state index >= 15 is 0 Å². The molecule has 0 saturated heterocycles. The Morgan fingerprint density at radius 2 is 2.04 bits per heavy atom. The summed E-state index contributed by atoms with van der Waals surface area (Å²) in [5, 5.41) is 18.3. The van der Waals surface area contributed by atoms with Crippen LogP contribution >= 0.6 is 0 Å². The number of allylic oxidation sites excluding steroid dienone is 1. The summed E-state index contributed by atoms with van der Waals surface area (Å²) in [7, 11) is 1.73. The number of amides is 1. The molecule has 24 heavy (non-hydrogen) atoms. The molecule has 1 aromatic heterocycles. The molecule has 0 bridgehead atoms. The summed E-state index contributed by atoms with van der Waals surface area (Å²) in [5.41, 5.74) is 2.35. The van der Waals surface area contributed by atoms with Gasteiger partial charge in [0, 0.05) is 25.6 Å². The third kappa shape index (κ3) is 2.05. The number of nitriles is 1. The third-order valence-electron chi connectivity index (χ3n) is 4.75. The molecule has 0 unspecified atom stereocenters. The predicted octanol–water partition coefficient (Wildman–Crippen LogP) is 2.42. The van der Waals surface area contributed by atoms with E-state index in [2.05, 4.69) is 16.3 Å². The summed E-state index contributed by atoms with van der Waals surface area (Å²) in [5.74, 6) is 1.25. The fraction of sp³-hybridized carbons (Fsp3) is 0.333. The minimum atomic E-state index is -0.168. The second-order valence-corrected chi connectivity index (χ2v) is 6.15. The molecule has 2 aliphatic heterocycles. The maximum Gasteiger partial charge on any atom is 0.260 e. The van der Waals surface area contributed by atoms with E-state index in [0.29, 0.717) is 17.0 Å². The van der Waals surface area contributed by atoms with Crippen LogP contribution in [0.1, 0.15) is 36.5 Å². The maximum absolute atomic E-state index is 12.8. The molecule has 1 aromatic carbocycles. The Hall–Kier alpha value is -2.94. The third-order valence-corrected chi connectivity index (χ3v) is 4.75. The summed E-state index contributed by atoms with van der Waals surface area (Å²) < 4.78 is 2.01. The number of aromatic nitrogens is 3. The molecular formula is C18H17N5O. The second-order valence-electron chi connectivity index (χ2n) is 6.15. The van der Waals surface area contributed by atoms with Crippen LogP contribution < -0.4 is 4.90 Å². The standard InChI is InChI=1S/C18H17N5O/c1-22-14-8-5-4-7-12(14)16(18(22)24)13(11-19)17-21-20-15-9-3-2-6-10-23(15)17/h4-5,7-8H,2-3,6,9-10H2,1H3. The second kappa shape index (κ2) is 5.60. The number of rotatable bonds is 1. The summed E-state index contributed by atoms with van der Waals surface area (Å²) >= 11 is 0. The number of hydrogen-bond acceptors (Lipinski definition) is 4. The maximum atomic E-state index is 12.8. The van der Waals surface area contributed by atoms with E-state index in [1.165, 1.54) is 0 Å². The smallest absolute Gasteiger partial charge is 0.260 e. The van der Waals surface area contributed by atoms with Gasteiger partial charge in [-0.2, -0.15) is 5.26 Å². The highest BCUT2D eigenvalue weighted by molar-refractivity contribution is 6.38. The number of likely N-dealkylation sites (N-methyl/N-ethyl adjacent to an activating group) is 1. The number of nitrogens with zero attached hydrogens (tertiary/aromatic N) is 5. The molecule has 0 aliphatic carbocycles. The van der Waals surface area contributed by atoms with Gasteiger partial charge >= 0.3 is 0 Å². The lowest BCUT2D eigenvalue weighted by atomic mass is 10.0. The van der Waals surface area contributed by atoms with Gasteiger partial charge in [-0.15, -0.1) is 10.2 Å². The van der Waals surface area contributed by atoms with E-state index in [-0.39, 0.29) is 5.91 Å². The zero-order valence-corrected chi connectivity index (χ0v) is 13.5. The van der Waals surface area contributed by atoms with E-state index < -0.39 is 0 Å². The first-order valence-corrected chi connectivity index (χ1v) is 8.16. The lowest BCUT2D eigenvalue weighted by Crippen LogP contribution is -2.21. The monoisotopic (exact) mass is 319 g/mol. The van der Waals surface area contributed by atoms with E-state index in [1.807, 2.05) is 28.8 Å². The van der Waals surface area contributed by atoms with Crippen molar-refractivity contribution in [2.45, 2.75) is 32.2 Å². The van der Waals surface area contributed by atoms with Crippen molar-refractivity contribution in [2.24, 2.45) is 0 Å².